The summed E-state index contributed by atoms with van der Waals surface area (Å²) in [4.78, 5) is 16.2. The van der Waals surface area contributed by atoms with Crippen LogP contribution in [0.5, 0.6) is 0 Å². The van der Waals surface area contributed by atoms with Gasteiger partial charge < -0.3 is 10.3 Å². The zero-order chi connectivity index (χ0) is 25.0. The number of nitrogens with zero attached hydrogens (tertiary/aromatic N) is 1. The molecule has 6 nitrogen and oxygen atoms in total. The van der Waals surface area contributed by atoms with Crippen molar-refractivity contribution in [1.29, 1.82) is 0 Å². The molecule has 0 saturated heterocycles. The molecular weight excluding hydrogens is 465 g/mol. The van der Waals surface area contributed by atoms with Crippen LogP contribution in [0.2, 0.25) is 0 Å². The first kappa shape index (κ1) is 24.6. The largest absolute Gasteiger partial charge is 0.361 e. The number of carbonyl (C=O) groups excluding carboxylic acids is 1. The number of para-hydroxylation sites is 1. The standard InChI is InChI=1S/C27H28FN3O3S/c1-3-31(4-2)35(33,34)20-14-15-25(28)22(16-20)27(32)30-17-23(19-10-6-5-7-11-19)24-18-29-26-13-9-8-12-21(24)26/h5-16,18,23,29H,3-4,17H2,1-2H3,(H,30,32). The minimum atomic E-state index is -3.83. The highest BCUT2D eigenvalue weighted by Gasteiger charge is 2.25. The number of halogens is 1. The summed E-state index contributed by atoms with van der Waals surface area (Å²) in [5, 5.41) is 3.86. The summed E-state index contributed by atoms with van der Waals surface area (Å²) in [5.74, 6) is -1.63. The number of nitrogens with one attached hydrogen (secondary N) is 2. The fourth-order valence-corrected chi connectivity index (χ4v) is 5.80. The number of hydrogen-bond acceptors (Lipinski definition) is 3. The lowest BCUT2D eigenvalue weighted by molar-refractivity contribution is 0.0948. The lowest BCUT2D eigenvalue weighted by Crippen LogP contribution is -2.32. The number of sulfonamides is 1. The predicted molar refractivity (Wildman–Crippen MR) is 135 cm³/mol. The summed E-state index contributed by atoms with van der Waals surface area (Å²) < 4.78 is 41.7. The molecule has 2 N–H and O–H groups in total. The maximum absolute atomic E-state index is 14.6. The van der Waals surface area contributed by atoms with Crippen molar-refractivity contribution < 1.29 is 17.6 Å². The van der Waals surface area contributed by atoms with Crippen molar-refractivity contribution in [3.63, 3.8) is 0 Å². The van der Waals surface area contributed by atoms with Gasteiger partial charge in [0.25, 0.3) is 5.91 Å². The Morgan fingerprint density at radius 3 is 2.40 bits per heavy atom. The van der Waals surface area contributed by atoms with E-state index >= 15 is 0 Å². The smallest absolute Gasteiger partial charge is 0.254 e. The Balaban J connectivity index is 1.64. The van der Waals surface area contributed by atoms with Gasteiger partial charge in [0, 0.05) is 42.7 Å². The van der Waals surface area contributed by atoms with Crippen molar-refractivity contribution in [2.75, 3.05) is 19.6 Å². The number of benzene rings is 3. The number of amides is 1. The van der Waals surface area contributed by atoms with E-state index in [1.54, 1.807) is 13.8 Å². The first-order valence-corrected chi connectivity index (χ1v) is 13.0. The van der Waals surface area contributed by atoms with Gasteiger partial charge in [0.2, 0.25) is 10.0 Å². The van der Waals surface area contributed by atoms with Crippen molar-refractivity contribution in [2.45, 2.75) is 24.7 Å². The number of carbonyl (C=O) groups is 1. The Morgan fingerprint density at radius 2 is 1.69 bits per heavy atom. The van der Waals surface area contributed by atoms with Crippen LogP contribution >= 0.6 is 0 Å². The van der Waals surface area contributed by atoms with Crippen LogP contribution in [-0.4, -0.2) is 43.2 Å². The first-order chi connectivity index (χ1) is 16.9. The molecule has 4 rings (SSSR count). The predicted octanol–water partition coefficient (Wildman–Crippen LogP) is 4.90. The second-order valence-electron chi connectivity index (χ2n) is 8.19. The number of H-pyrrole nitrogens is 1. The molecule has 0 spiro atoms. The highest BCUT2D eigenvalue weighted by Crippen LogP contribution is 2.30. The van der Waals surface area contributed by atoms with Crippen LogP contribution in [0.3, 0.4) is 0 Å². The van der Waals surface area contributed by atoms with E-state index in [-0.39, 0.29) is 36.0 Å². The molecule has 0 aliphatic heterocycles. The van der Waals surface area contributed by atoms with Crippen molar-refractivity contribution in [3.8, 4) is 0 Å². The molecule has 0 aliphatic rings. The van der Waals surface area contributed by atoms with Crippen molar-refractivity contribution >= 4 is 26.8 Å². The van der Waals surface area contributed by atoms with E-state index in [0.717, 1.165) is 34.2 Å². The zero-order valence-corrected chi connectivity index (χ0v) is 20.5. The van der Waals surface area contributed by atoms with Gasteiger partial charge in [0.05, 0.1) is 10.5 Å². The Kier molecular flexibility index (Phi) is 7.33. The van der Waals surface area contributed by atoms with Gasteiger partial charge in [-0.1, -0.05) is 62.4 Å². The Hall–Kier alpha value is -3.49. The zero-order valence-electron chi connectivity index (χ0n) is 19.7. The van der Waals surface area contributed by atoms with Gasteiger partial charge in [0.1, 0.15) is 5.82 Å². The summed E-state index contributed by atoms with van der Waals surface area (Å²) >= 11 is 0. The SMILES string of the molecule is CCN(CC)S(=O)(=O)c1ccc(F)c(C(=O)NCC(c2ccccc2)c2c[nH]c3ccccc23)c1. The Morgan fingerprint density at radius 1 is 1.00 bits per heavy atom. The quantitative estimate of drug-likeness (QED) is 0.348. The Bertz CT molecular complexity index is 1430. The molecule has 35 heavy (non-hydrogen) atoms. The molecule has 3 aromatic carbocycles. The molecule has 4 aromatic rings. The lowest BCUT2D eigenvalue weighted by Gasteiger charge is -2.20. The molecule has 8 heteroatoms. The van der Waals surface area contributed by atoms with Crippen LogP contribution < -0.4 is 5.32 Å². The van der Waals surface area contributed by atoms with Crippen LogP contribution in [0.25, 0.3) is 10.9 Å². The topological polar surface area (TPSA) is 82.3 Å². The Labute approximate surface area is 204 Å². The summed E-state index contributed by atoms with van der Waals surface area (Å²) in [6.45, 7) is 4.22. The van der Waals surface area contributed by atoms with E-state index in [2.05, 4.69) is 10.3 Å². The fourth-order valence-electron chi connectivity index (χ4n) is 4.32. The normalized spacial score (nSPS) is 12.7. The second-order valence-corrected chi connectivity index (χ2v) is 10.1. The third-order valence-electron chi connectivity index (χ3n) is 6.19. The fraction of sp³-hybridized carbons (Fsp3) is 0.222. The summed E-state index contributed by atoms with van der Waals surface area (Å²) in [6.07, 6.45) is 1.92. The van der Waals surface area contributed by atoms with Gasteiger partial charge in [-0.3, -0.25) is 4.79 Å². The molecule has 182 valence electrons. The second kappa shape index (κ2) is 10.4. The van der Waals surface area contributed by atoms with Gasteiger partial charge >= 0.3 is 0 Å². The third-order valence-corrected chi connectivity index (χ3v) is 8.24. The molecular formula is C27H28FN3O3S. The van der Waals surface area contributed by atoms with E-state index < -0.39 is 21.7 Å². The average Bonchev–Trinajstić information content (AvgIpc) is 3.29. The van der Waals surface area contributed by atoms with Gasteiger partial charge in [-0.15, -0.1) is 0 Å². The summed E-state index contributed by atoms with van der Waals surface area (Å²) in [6, 6.07) is 21.0. The van der Waals surface area contributed by atoms with E-state index in [0.29, 0.717) is 0 Å². The molecule has 0 fully saturated rings. The van der Waals surface area contributed by atoms with E-state index in [1.807, 2.05) is 60.8 Å². The van der Waals surface area contributed by atoms with Gasteiger partial charge in [0.15, 0.2) is 0 Å². The van der Waals surface area contributed by atoms with Gasteiger partial charge in [-0.25, -0.2) is 12.8 Å². The maximum atomic E-state index is 14.6. The average molecular weight is 494 g/mol. The number of aromatic amines is 1. The highest BCUT2D eigenvalue weighted by atomic mass is 32.2. The van der Waals surface area contributed by atoms with Crippen molar-refractivity contribution in [1.82, 2.24) is 14.6 Å². The van der Waals surface area contributed by atoms with Crippen LogP contribution in [0.4, 0.5) is 4.39 Å². The molecule has 1 atom stereocenters. The minimum Gasteiger partial charge on any atom is -0.361 e. The van der Waals surface area contributed by atoms with E-state index in [1.165, 1.54) is 10.4 Å². The first-order valence-electron chi connectivity index (χ1n) is 11.6. The van der Waals surface area contributed by atoms with Crippen LogP contribution in [0.15, 0.2) is 83.9 Å². The van der Waals surface area contributed by atoms with Crippen LogP contribution in [0, 0.1) is 5.82 Å². The molecule has 0 radical (unpaired) electrons. The summed E-state index contributed by atoms with van der Waals surface area (Å²) in [5.41, 5.74) is 2.68. The molecule has 0 aliphatic carbocycles. The summed E-state index contributed by atoms with van der Waals surface area (Å²) in [7, 11) is -3.83. The van der Waals surface area contributed by atoms with Crippen LogP contribution in [0.1, 0.15) is 41.3 Å². The van der Waals surface area contributed by atoms with Gasteiger partial charge in [-0.2, -0.15) is 4.31 Å². The number of aromatic nitrogens is 1. The monoisotopic (exact) mass is 493 g/mol. The van der Waals surface area contributed by atoms with Crippen molar-refractivity contribution in [2.24, 2.45) is 0 Å². The van der Waals surface area contributed by atoms with Gasteiger partial charge in [-0.05, 0) is 35.4 Å². The molecule has 1 heterocycles. The number of hydrogen-bond donors (Lipinski definition) is 2. The molecule has 0 bridgehead atoms. The molecule has 1 amide bonds. The van der Waals surface area contributed by atoms with E-state index in [4.69, 9.17) is 0 Å². The van der Waals surface area contributed by atoms with Crippen LogP contribution in [-0.2, 0) is 10.0 Å². The minimum absolute atomic E-state index is 0.107. The van der Waals surface area contributed by atoms with E-state index in [9.17, 15) is 17.6 Å². The third kappa shape index (κ3) is 4.99. The van der Waals surface area contributed by atoms with Crippen molar-refractivity contribution in [3.05, 3.63) is 102 Å². The number of rotatable bonds is 9. The maximum Gasteiger partial charge on any atom is 0.254 e. The number of fused-ring (bicyclic) bond motifs is 1. The highest BCUT2D eigenvalue weighted by molar-refractivity contribution is 7.89. The lowest BCUT2D eigenvalue weighted by atomic mass is 9.91. The molecule has 0 saturated carbocycles. The molecule has 1 unspecified atom stereocenters. The molecule has 1 aromatic heterocycles.